The summed E-state index contributed by atoms with van der Waals surface area (Å²) in [6.45, 7) is 2.47. The zero-order valence-electron chi connectivity index (χ0n) is 21.3. The van der Waals surface area contributed by atoms with Crippen LogP contribution in [-0.4, -0.2) is 40.8 Å². The Hall–Kier alpha value is -4.50. The van der Waals surface area contributed by atoms with E-state index in [2.05, 4.69) is 27.5 Å². The summed E-state index contributed by atoms with van der Waals surface area (Å²) >= 11 is 6.41. The highest BCUT2D eigenvalue weighted by Gasteiger charge is 2.20. The Bertz CT molecular complexity index is 1660. The Morgan fingerprint density at radius 3 is 2.46 bits per heavy atom. The molecule has 2 aromatic heterocycles. The molecule has 2 N–H and O–H groups in total. The summed E-state index contributed by atoms with van der Waals surface area (Å²) in [7, 11) is 0. The second kappa shape index (κ2) is 11.5. The van der Waals surface area contributed by atoms with Gasteiger partial charge in [0.2, 0.25) is 0 Å². The minimum absolute atomic E-state index is 0.0215. The summed E-state index contributed by atoms with van der Waals surface area (Å²) in [5.41, 5.74) is 4.45. The lowest BCUT2D eigenvalue weighted by molar-refractivity contribution is 0.0697. The molecule has 0 unspecified atom stereocenters. The van der Waals surface area contributed by atoms with Crippen LogP contribution in [0.1, 0.15) is 47.8 Å². The van der Waals surface area contributed by atoms with Gasteiger partial charge in [-0.05, 0) is 52.1 Å². The van der Waals surface area contributed by atoms with Crippen molar-refractivity contribution in [1.29, 1.82) is 0 Å². The summed E-state index contributed by atoms with van der Waals surface area (Å²) < 4.78 is 3.07. The van der Waals surface area contributed by atoms with Crippen LogP contribution in [0.15, 0.2) is 77.7 Å². The van der Waals surface area contributed by atoms with Crippen molar-refractivity contribution in [3.63, 3.8) is 0 Å². The SMILES string of the molecule is CCCCCc1cn(-c2c(Cl)cccc2C(=O)O)c(=O)n1Cc1ccc(-c2ccccc2-c2nnn[nH]2)cc1. The fourth-order valence-corrected chi connectivity index (χ4v) is 5.00. The second-order valence-electron chi connectivity index (χ2n) is 9.25. The van der Waals surface area contributed by atoms with E-state index in [1.54, 1.807) is 22.9 Å². The number of aromatic carboxylic acids is 1. The highest BCUT2D eigenvalue weighted by atomic mass is 35.5. The molecule has 0 amide bonds. The van der Waals surface area contributed by atoms with Crippen LogP contribution in [0.4, 0.5) is 0 Å². The number of tetrazole rings is 1. The van der Waals surface area contributed by atoms with Crippen LogP contribution in [0.3, 0.4) is 0 Å². The number of hydrogen-bond acceptors (Lipinski definition) is 5. The number of benzene rings is 3. The fourth-order valence-electron chi connectivity index (χ4n) is 4.73. The molecule has 198 valence electrons. The molecule has 10 heteroatoms. The van der Waals surface area contributed by atoms with Gasteiger partial charge in [0.25, 0.3) is 0 Å². The van der Waals surface area contributed by atoms with Gasteiger partial charge in [0.15, 0.2) is 5.82 Å². The molecule has 9 nitrogen and oxygen atoms in total. The summed E-state index contributed by atoms with van der Waals surface area (Å²) in [4.78, 5) is 25.6. The van der Waals surface area contributed by atoms with Crippen molar-refractivity contribution in [3.8, 4) is 28.2 Å². The number of nitrogens with one attached hydrogen (secondary N) is 1. The zero-order valence-corrected chi connectivity index (χ0v) is 22.1. The standard InChI is InChI=1S/C29H27ClN6O3/c1-2-3-4-8-21-18-36(26-24(28(37)38)11-7-12-25(26)30)29(39)35(21)17-19-13-15-20(16-14-19)22-9-5-6-10-23(22)27-31-33-34-32-27/h5-7,9-16,18H,2-4,8,17H2,1H3,(H,37,38)(H,31,32,33,34). The predicted molar refractivity (Wildman–Crippen MR) is 149 cm³/mol. The lowest BCUT2D eigenvalue weighted by Crippen LogP contribution is -2.26. The first-order valence-corrected chi connectivity index (χ1v) is 13.1. The summed E-state index contributed by atoms with van der Waals surface area (Å²) in [5.74, 6) is -0.559. The summed E-state index contributed by atoms with van der Waals surface area (Å²) in [6, 6.07) is 20.5. The van der Waals surface area contributed by atoms with Crippen molar-refractivity contribution >= 4 is 17.6 Å². The van der Waals surface area contributed by atoms with Gasteiger partial charge in [-0.1, -0.05) is 86.0 Å². The van der Waals surface area contributed by atoms with Gasteiger partial charge in [0.05, 0.1) is 22.8 Å². The average molecular weight is 543 g/mol. The van der Waals surface area contributed by atoms with Crippen LogP contribution in [0, 0.1) is 0 Å². The maximum atomic E-state index is 13.7. The third-order valence-corrected chi connectivity index (χ3v) is 6.99. The topological polar surface area (TPSA) is 119 Å². The number of imidazole rings is 1. The summed E-state index contributed by atoms with van der Waals surface area (Å²) in [5, 5.41) is 24.2. The van der Waals surface area contributed by atoms with E-state index in [0.717, 1.165) is 47.2 Å². The van der Waals surface area contributed by atoms with E-state index in [0.29, 0.717) is 18.8 Å². The molecule has 0 bridgehead atoms. The molecule has 0 saturated carbocycles. The van der Waals surface area contributed by atoms with Crippen molar-refractivity contribution in [2.24, 2.45) is 0 Å². The van der Waals surface area contributed by atoms with E-state index in [-0.39, 0.29) is 22.0 Å². The monoisotopic (exact) mass is 542 g/mol. The highest BCUT2D eigenvalue weighted by Crippen LogP contribution is 2.30. The quantitative estimate of drug-likeness (QED) is 0.221. The number of halogens is 1. The number of carboxylic acid groups (broad SMARTS) is 1. The zero-order chi connectivity index (χ0) is 27.4. The molecule has 39 heavy (non-hydrogen) atoms. The number of carbonyl (C=O) groups is 1. The number of para-hydroxylation sites is 1. The van der Waals surface area contributed by atoms with Crippen LogP contribution < -0.4 is 5.69 Å². The first kappa shape index (κ1) is 26.1. The van der Waals surface area contributed by atoms with Gasteiger partial charge in [0, 0.05) is 17.5 Å². The molecule has 5 aromatic rings. The number of aromatic nitrogens is 6. The Kier molecular flexibility index (Phi) is 7.69. The number of rotatable bonds is 10. The van der Waals surface area contributed by atoms with Gasteiger partial charge in [-0.2, -0.15) is 0 Å². The molecular formula is C29H27ClN6O3. The molecular weight excluding hydrogens is 516 g/mol. The molecule has 0 saturated heterocycles. The molecule has 0 radical (unpaired) electrons. The van der Waals surface area contributed by atoms with Crippen LogP contribution >= 0.6 is 11.6 Å². The first-order chi connectivity index (χ1) is 19.0. The molecule has 0 aliphatic rings. The Morgan fingerprint density at radius 2 is 1.77 bits per heavy atom. The number of carboxylic acids is 1. The number of unbranched alkanes of at least 4 members (excludes halogenated alkanes) is 2. The van der Waals surface area contributed by atoms with Gasteiger partial charge in [-0.25, -0.2) is 14.7 Å². The van der Waals surface area contributed by atoms with Crippen LogP contribution in [0.2, 0.25) is 5.02 Å². The normalized spacial score (nSPS) is 11.1. The lowest BCUT2D eigenvalue weighted by Gasteiger charge is -2.10. The number of nitrogens with zero attached hydrogens (tertiary/aromatic N) is 5. The average Bonchev–Trinajstić information content (AvgIpc) is 3.58. The maximum Gasteiger partial charge on any atom is 0.337 e. The molecule has 3 aromatic carbocycles. The summed E-state index contributed by atoms with van der Waals surface area (Å²) in [6.07, 6.45) is 5.41. The van der Waals surface area contributed by atoms with Crippen LogP contribution in [0.5, 0.6) is 0 Å². The van der Waals surface area contributed by atoms with E-state index < -0.39 is 5.97 Å². The predicted octanol–water partition coefficient (Wildman–Crippen LogP) is 5.62. The molecule has 0 spiro atoms. The van der Waals surface area contributed by atoms with Gasteiger partial charge in [-0.3, -0.25) is 9.13 Å². The second-order valence-corrected chi connectivity index (χ2v) is 9.66. The van der Waals surface area contributed by atoms with Gasteiger partial charge in [0.1, 0.15) is 0 Å². The molecule has 0 aliphatic heterocycles. The molecule has 2 heterocycles. The molecule has 0 aliphatic carbocycles. The molecule has 5 rings (SSSR count). The van der Waals surface area contributed by atoms with Crippen LogP contribution in [-0.2, 0) is 13.0 Å². The van der Waals surface area contributed by atoms with E-state index in [9.17, 15) is 14.7 Å². The highest BCUT2D eigenvalue weighted by molar-refractivity contribution is 6.33. The van der Waals surface area contributed by atoms with Crippen molar-refractivity contribution < 1.29 is 9.90 Å². The lowest BCUT2D eigenvalue weighted by atomic mass is 9.98. The number of aryl methyl sites for hydroxylation is 1. The van der Waals surface area contributed by atoms with Crippen molar-refractivity contribution in [1.82, 2.24) is 29.8 Å². The first-order valence-electron chi connectivity index (χ1n) is 12.7. The number of H-pyrrole nitrogens is 1. The molecule has 0 atom stereocenters. The third-order valence-electron chi connectivity index (χ3n) is 6.69. The van der Waals surface area contributed by atoms with Crippen molar-refractivity contribution in [2.45, 2.75) is 39.2 Å². The smallest absolute Gasteiger partial charge is 0.337 e. The number of hydrogen-bond donors (Lipinski definition) is 2. The van der Waals surface area contributed by atoms with E-state index >= 15 is 0 Å². The third kappa shape index (κ3) is 5.39. The van der Waals surface area contributed by atoms with Crippen molar-refractivity contribution in [2.75, 3.05) is 0 Å². The van der Waals surface area contributed by atoms with Gasteiger partial charge < -0.3 is 5.11 Å². The largest absolute Gasteiger partial charge is 0.478 e. The Balaban J connectivity index is 1.51. The minimum Gasteiger partial charge on any atom is -0.478 e. The maximum absolute atomic E-state index is 13.7. The molecule has 0 fully saturated rings. The Morgan fingerprint density at radius 1 is 1.00 bits per heavy atom. The van der Waals surface area contributed by atoms with Gasteiger partial charge >= 0.3 is 11.7 Å². The van der Waals surface area contributed by atoms with E-state index in [4.69, 9.17) is 11.6 Å². The Labute approximate surface area is 229 Å². The fraction of sp³-hybridized carbons (Fsp3) is 0.207. The van der Waals surface area contributed by atoms with Crippen LogP contribution in [0.25, 0.3) is 28.2 Å². The van der Waals surface area contributed by atoms with Gasteiger partial charge in [-0.15, -0.1) is 5.10 Å². The minimum atomic E-state index is -1.14. The van der Waals surface area contributed by atoms with E-state index in [1.807, 2.05) is 48.5 Å². The van der Waals surface area contributed by atoms with Crippen molar-refractivity contribution in [3.05, 3.63) is 105 Å². The number of aromatic amines is 1. The van der Waals surface area contributed by atoms with E-state index in [1.165, 1.54) is 10.6 Å².